The van der Waals surface area contributed by atoms with E-state index in [4.69, 9.17) is 15.5 Å². The normalized spacial score (nSPS) is 12.8. The first-order valence-electron chi connectivity index (χ1n) is 24.8. The lowest BCUT2D eigenvalue weighted by molar-refractivity contribution is -0.142. The topological polar surface area (TPSA) is 379 Å². The molecule has 0 heterocycles. The minimum absolute atomic E-state index is 0.0276. The third kappa shape index (κ3) is 22.6. The van der Waals surface area contributed by atoms with Crippen molar-refractivity contribution >= 4 is 61.0 Å². The molecular formula is C49H87N12O13P. The highest BCUT2D eigenvalue weighted by Crippen LogP contribution is 2.37. The zero-order valence-corrected chi connectivity index (χ0v) is 47.7. The zero-order chi connectivity index (χ0) is 58.2. The van der Waals surface area contributed by atoms with Gasteiger partial charge in [-0.1, -0.05) is 0 Å². The second kappa shape index (κ2) is 26.9. The summed E-state index contributed by atoms with van der Waals surface area (Å²) in [7, 11) is -4.83. The van der Waals surface area contributed by atoms with E-state index in [0.717, 1.165) is 51.0 Å². The van der Waals surface area contributed by atoms with Gasteiger partial charge in [-0.25, -0.2) is 4.57 Å². The van der Waals surface area contributed by atoms with Gasteiger partial charge in [0.15, 0.2) is 0 Å². The van der Waals surface area contributed by atoms with Crippen LogP contribution < -0.4 is 68.7 Å². The second-order valence-electron chi connectivity index (χ2n) is 22.7. The van der Waals surface area contributed by atoms with Crippen LogP contribution in [-0.4, -0.2) is 147 Å². The molecule has 75 heavy (non-hydrogen) atoms. The molecule has 15 N–H and O–H groups in total. The van der Waals surface area contributed by atoms with Gasteiger partial charge < -0.3 is 68.7 Å². The fourth-order valence-electron chi connectivity index (χ4n) is 6.31. The number of nitrogens with one attached hydrogen (secondary N) is 11. The van der Waals surface area contributed by atoms with E-state index in [1.807, 2.05) is 0 Å². The van der Waals surface area contributed by atoms with Gasteiger partial charge in [0, 0.05) is 12.1 Å². The van der Waals surface area contributed by atoms with E-state index in [2.05, 4.69) is 63.0 Å². The molecular weight excluding hydrogens is 996 g/mol. The quantitative estimate of drug-likeness (QED) is 0.0337. The van der Waals surface area contributed by atoms with Crippen LogP contribution in [0.3, 0.4) is 0 Å². The molecule has 0 aromatic heterocycles. The summed E-state index contributed by atoms with van der Waals surface area (Å²) in [4.78, 5) is 139. The van der Waals surface area contributed by atoms with Crippen LogP contribution in [0.4, 0.5) is 0 Å². The monoisotopic (exact) mass is 1080 g/mol. The summed E-state index contributed by atoms with van der Waals surface area (Å²) in [6, 6.07) is 4.76. The highest BCUT2D eigenvalue weighted by Gasteiger charge is 2.45. The Kier molecular flexibility index (Phi) is 24.1. The van der Waals surface area contributed by atoms with Crippen molar-refractivity contribution in [2.24, 2.45) is 5.73 Å². The highest BCUT2D eigenvalue weighted by molar-refractivity contribution is 7.46. The van der Waals surface area contributed by atoms with Gasteiger partial charge in [-0.05, 0) is 193 Å². The van der Waals surface area contributed by atoms with Crippen molar-refractivity contribution in [3.63, 3.8) is 0 Å². The standard InChI is InChI=1S/C49H87N12O13P/c1-42(2,34(63)53-30-20-29-52-27-18-17-26-51-28-19-25-50)55-36(65)44(5,6)57-38(67)46(9,10)59-40(69)48(13,14)61-41(70)49(15,16)60-39(68)47(11,12)58-37(66)45(7,8)56-35(64)43(3,4)54-33(62)31-21-23-32(24-22-31)74-75(71,72)73/h21-24,51-52H,17-20,25-30,50H2,1-16H3,(H,53,63)(H,54,62)(H,55,65)(H,56,64)(H,57,67)(H,58,66)(H,59,69)(H,60,68)(H,61,70)(H2,71,72,73). The lowest BCUT2D eigenvalue weighted by atomic mass is 9.93. The molecule has 26 heteroatoms. The Morgan fingerprint density at radius 2 is 0.680 bits per heavy atom. The van der Waals surface area contributed by atoms with Gasteiger partial charge in [0.05, 0.1) is 0 Å². The van der Waals surface area contributed by atoms with Crippen molar-refractivity contribution in [2.45, 2.75) is 181 Å². The van der Waals surface area contributed by atoms with Crippen LogP contribution in [0.25, 0.3) is 0 Å². The molecule has 0 unspecified atom stereocenters. The number of amides is 9. The number of nitrogens with two attached hydrogens (primary N) is 1. The number of unbranched alkanes of at least 4 members (excludes halogenated alkanes) is 1. The van der Waals surface area contributed by atoms with Crippen LogP contribution in [0.5, 0.6) is 5.75 Å². The molecule has 0 spiro atoms. The van der Waals surface area contributed by atoms with Gasteiger partial charge in [0.1, 0.15) is 50.1 Å². The van der Waals surface area contributed by atoms with Crippen molar-refractivity contribution < 1.29 is 62.0 Å². The van der Waals surface area contributed by atoms with Gasteiger partial charge in [0.2, 0.25) is 47.3 Å². The minimum Gasteiger partial charge on any atom is -0.404 e. The molecule has 0 saturated heterocycles. The van der Waals surface area contributed by atoms with Crippen LogP contribution in [0.2, 0.25) is 0 Å². The first kappa shape index (κ1) is 67.3. The smallest absolute Gasteiger partial charge is 0.404 e. The van der Waals surface area contributed by atoms with Gasteiger partial charge >= 0.3 is 7.82 Å². The van der Waals surface area contributed by atoms with Crippen molar-refractivity contribution in [1.82, 2.24) is 58.5 Å². The lowest BCUT2D eigenvalue weighted by Crippen LogP contribution is -2.69. The number of carbonyl (C=O) groups is 9. The Bertz CT molecular complexity index is 2260. The fraction of sp³-hybridized carbons (Fsp3) is 0.694. The molecule has 0 fully saturated rings. The number of phosphoric ester groups is 1. The summed E-state index contributed by atoms with van der Waals surface area (Å²) in [5.74, 6) is -6.83. The van der Waals surface area contributed by atoms with Crippen molar-refractivity contribution in [3.8, 4) is 5.75 Å². The molecule has 25 nitrogen and oxygen atoms in total. The van der Waals surface area contributed by atoms with Gasteiger partial charge in [-0.2, -0.15) is 0 Å². The van der Waals surface area contributed by atoms with E-state index in [1.54, 1.807) is 0 Å². The van der Waals surface area contributed by atoms with Gasteiger partial charge in [0.25, 0.3) is 5.91 Å². The molecule has 426 valence electrons. The third-order valence-corrected chi connectivity index (χ3v) is 12.1. The Morgan fingerprint density at radius 3 is 0.973 bits per heavy atom. The number of carbonyl (C=O) groups excluding carboxylic acids is 9. The SMILES string of the molecule is CC(C)(NC(=O)c1ccc(OP(=O)(O)O)cc1)C(=O)NC(C)(C)C(=O)NC(C)(C)C(=O)NC(C)(C)C(=O)NC(C)(C)C(=O)NC(C)(C)C(=O)NC(C)(C)C(=O)NC(C)(C)C(=O)NCCCNCCCCNCCCN. The molecule has 9 amide bonds. The maximum absolute atomic E-state index is 13.7. The van der Waals surface area contributed by atoms with Gasteiger partial charge in [-0.3, -0.25) is 52.9 Å². The Labute approximate surface area is 441 Å². The summed E-state index contributed by atoms with van der Waals surface area (Å²) >= 11 is 0. The Morgan fingerprint density at radius 1 is 0.413 bits per heavy atom. The largest absolute Gasteiger partial charge is 0.524 e. The fourth-order valence-corrected chi connectivity index (χ4v) is 6.70. The van der Waals surface area contributed by atoms with E-state index < -0.39 is 105 Å². The highest BCUT2D eigenvalue weighted by atomic mass is 31.2. The Balaban J connectivity index is 2.82. The molecule has 0 atom stereocenters. The number of hydrogen-bond donors (Lipinski definition) is 14. The zero-order valence-electron chi connectivity index (χ0n) is 46.8. The van der Waals surface area contributed by atoms with E-state index in [1.165, 1.54) is 123 Å². The summed E-state index contributed by atoms with van der Waals surface area (Å²) in [6.07, 6.45) is 3.67. The van der Waals surface area contributed by atoms with Gasteiger partial charge in [-0.15, -0.1) is 0 Å². The molecule has 0 aliphatic rings. The van der Waals surface area contributed by atoms with Crippen LogP contribution >= 0.6 is 7.82 Å². The van der Waals surface area contributed by atoms with Crippen LogP contribution in [0, 0.1) is 0 Å². The summed E-state index contributed by atoms with van der Waals surface area (Å²) < 4.78 is 15.6. The number of hydrogen-bond acceptors (Lipinski definition) is 14. The van der Waals surface area contributed by atoms with Crippen molar-refractivity contribution in [1.29, 1.82) is 0 Å². The van der Waals surface area contributed by atoms with E-state index in [9.17, 15) is 47.7 Å². The molecule has 0 aliphatic heterocycles. The molecule has 0 bridgehead atoms. The number of phosphoric acid groups is 1. The maximum Gasteiger partial charge on any atom is 0.524 e. The van der Waals surface area contributed by atoms with E-state index in [-0.39, 0.29) is 11.3 Å². The van der Waals surface area contributed by atoms with Crippen LogP contribution in [-0.2, 0) is 42.9 Å². The summed E-state index contributed by atoms with van der Waals surface area (Å²) in [6.45, 7) is 26.8. The predicted octanol–water partition coefficient (Wildman–Crippen LogP) is -0.255. The Hall–Kier alpha value is -5.72. The molecule has 1 aromatic carbocycles. The van der Waals surface area contributed by atoms with Crippen LogP contribution in [0.1, 0.15) is 147 Å². The molecule has 0 radical (unpaired) electrons. The predicted molar refractivity (Wildman–Crippen MR) is 282 cm³/mol. The van der Waals surface area contributed by atoms with Crippen molar-refractivity contribution in [3.05, 3.63) is 29.8 Å². The first-order valence-corrected chi connectivity index (χ1v) is 26.3. The number of rotatable bonds is 31. The first-order chi connectivity index (χ1) is 33.9. The molecule has 1 rings (SSSR count). The van der Waals surface area contributed by atoms with Crippen molar-refractivity contribution in [2.75, 3.05) is 39.3 Å². The third-order valence-electron chi connectivity index (χ3n) is 11.6. The average Bonchev–Trinajstić information content (AvgIpc) is 3.25. The molecule has 1 aromatic rings. The second-order valence-corrected chi connectivity index (χ2v) is 23.9. The van der Waals surface area contributed by atoms with E-state index >= 15 is 0 Å². The molecule has 0 saturated carbocycles. The van der Waals surface area contributed by atoms with E-state index in [0.29, 0.717) is 26.1 Å². The number of benzene rings is 1. The maximum atomic E-state index is 13.7. The summed E-state index contributed by atoms with van der Waals surface area (Å²) in [5.41, 5.74) is -7.41. The summed E-state index contributed by atoms with van der Waals surface area (Å²) in [5, 5.41) is 30.2. The minimum atomic E-state index is -4.83. The average molecular weight is 1080 g/mol. The van der Waals surface area contributed by atoms with Crippen LogP contribution in [0.15, 0.2) is 24.3 Å². The lowest BCUT2D eigenvalue weighted by Gasteiger charge is -2.38. The molecule has 0 aliphatic carbocycles.